The van der Waals surface area contributed by atoms with Gasteiger partial charge < -0.3 is 4.74 Å². The third-order valence-corrected chi connectivity index (χ3v) is 3.69. The minimum Gasteiger partial charge on any atom is -0.497 e. The zero-order chi connectivity index (χ0) is 16.4. The number of hydrogen-bond acceptors (Lipinski definition) is 5. The van der Waals surface area contributed by atoms with Crippen LogP contribution in [0.1, 0.15) is 32.3 Å². The molecule has 3 rings (SSSR count). The summed E-state index contributed by atoms with van der Waals surface area (Å²) in [4.78, 5) is 20.7. The highest BCUT2D eigenvalue weighted by Crippen LogP contribution is 2.25. The molecule has 1 aromatic rings. The molecule has 0 N–H and O–H groups in total. The number of rotatable bonds is 4. The second-order valence-electron chi connectivity index (χ2n) is 5.15. The predicted molar refractivity (Wildman–Crippen MR) is 90.7 cm³/mol. The zero-order valence-corrected chi connectivity index (χ0v) is 13.4. The second-order valence-corrected chi connectivity index (χ2v) is 5.15. The first-order chi connectivity index (χ1) is 11.2. The molecule has 2 aliphatic heterocycles. The van der Waals surface area contributed by atoms with E-state index in [1.807, 2.05) is 38.1 Å². The van der Waals surface area contributed by atoms with Gasteiger partial charge in [-0.15, -0.1) is 0 Å². The lowest BCUT2D eigenvalue weighted by atomic mass is 10.1. The molecule has 23 heavy (non-hydrogen) atoms. The van der Waals surface area contributed by atoms with Gasteiger partial charge in [0.15, 0.2) is 0 Å². The highest BCUT2D eigenvalue weighted by Gasteiger charge is 2.33. The molecule has 1 amide bonds. The Bertz CT molecular complexity index is 775. The van der Waals surface area contributed by atoms with Gasteiger partial charge in [-0.3, -0.25) is 4.79 Å². The van der Waals surface area contributed by atoms with Crippen molar-refractivity contribution in [1.82, 2.24) is 5.01 Å². The van der Waals surface area contributed by atoms with Crippen LogP contribution in [0.2, 0.25) is 0 Å². The molecule has 0 spiro atoms. The largest absolute Gasteiger partial charge is 0.497 e. The fourth-order valence-corrected chi connectivity index (χ4v) is 2.50. The number of amides is 1. The van der Waals surface area contributed by atoms with Crippen LogP contribution in [0.3, 0.4) is 0 Å². The van der Waals surface area contributed by atoms with Crippen LogP contribution >= 0.6 is 0 Å². The Morgan fingerprint density at radius 1 is 1.17 bits per heavy atom. The number of nitrogens with zero attached hydrogens (tertiary/aromatic N) is 4. The predicted octanol–water partition coefficient (Wildman–Crippen LogP) is 2.86. The minimum atomic E-state index is -0.330. The number of aliphatic imine (C=N–C) groups is 2. The molecule has 0 fully saturated rings. The summed E-state index contributed by atoms with van der Waals surface area (Å²) in [5, 5.41) is 6.08. The van der Waals surface area contributed by atoms with Gasteiger partial charge in [0.05, 0.1) is 18.5 Å². The third kappa shape index (κ3) is 2.79. The van der Waals surface area contributed by atoms with Gasteiger partial charge in [-0.2, -0.15) is 15.1 Å². The summed E-state index contributed by atoms with van der Waals surface area (Å²) in [5.41, 5.74) is 3.02. The number of carbonyl (C=O) groups is 1. The number of fused-ring (bicyclic) bond motifs is 1. The Morgan fingerprint density at radius 2 is 1.96 bits per heavy atom. The van der Waals surface area contributed by atoms with Crippen LogP contribution in [0.4, 0.5) is 0 Å². The molecule has 0 aliphatic carbocycles. The first-order valence-corrected chi connectivity index (χ1v) is 7.60. The van der Waals surface area contributed by atoms with Gasteiger partial charge in [0.25, 0.3) is 11.9 Å². The van der Waals surface area contributed by atoms with Crippen LogP contribution in [-0.4, -0.2) is 35.4 Å². The van der Waals surface area contributed by atoms with E-state index in [-0.39, 0.29) is 5.91 Å². The van der Waals surface area contributed by atoms with Gasteiger partial charge >= 0.3 is 0 Å². The Labute approximate surface area is 134 Å². The number of hydrogen-bond donors (Lipinski definition) is 0. The van der Waals surface area contributed by atoms with Crippen molar-refractivity contribution in [2.75, 3.05) is 7.11 Å². The van der Waals surface area contributed by atoms with Gasteiger partial charge in [-0.1, -0.05) is 26.0 Å². The maximum absolute atomic E-state index is 12.2. The highest BCUT2D eigenvalue weighted by atomic mass is 16.5. The van der Waals surface area contributed by atoms with Crippen molar-refractivity contribution in [1.29, 1.82) is 0 Å². The van der Waals surface area contributed by atoms with Gasteiger partial charge in [-0.25, -0.2) is 4.99 Å². The van der Waals surface area contributed by atoms with Crippen LogP contribution in [0.25, 0.3) is 6.08 Å². The molecule has 0 unspecified atom stereocenters. The number of benzene rings is 1. The van der Waals surface area contributed by atoms with E-state index >= 15 is 0 Å². The Hall–Kier alpha value is -2.76. The lowest BCUT2D eigenvalue weighted by Crippen LogP contribution is -2.30. The normalized spacial score (nSPS) is 18.6. The smallest absolute Gasteiger partial charge is 0.299 e. The number of carbonyl (C=O) groups excluding carboxylic acids is 1. The average Bonchev–Trinajstić information content (AvgIpc) is 2.88. The number of ether oxygens (including phenoxy) is 1. The number of methoxy groups -OCH3 is 1. The molecule has 6 heteroatoms. The summed E-state index contributed by atoms with van der Waals surface area (Å²) in [6.45, 7) is 4.04. The molecule has 0 radical (unpaired) electrons. The van der Waals surface area contributed by atoms with Crippen LogP contribution in [0.15, 0.2) is 45.0 Å². The first kappa shape index (κ1) is 15.1. The van der Waals surface area contributed by atoms with Gasteiger partial charge in [0.1, 0.15) is 11.4 Å². The minimum absolute atomic E-state index is 0.330. The molecular weight excluding hydrogens is 292 g/mol. The SMILES string of the molecule is CCC1=NC2=NC(=O)C(=Cc3cccc(OC)c3)N2N=C1CC. The van der Waals surface area contributed by atoms with E-state index in [1.165, 1.54) is 5.01 Å². The van der Waals surface area contributed by atoms with E-state index < -0.39 is 0 Å². The number of hydrazone groups is 1. The summed E-state index contributed by atoms with van der Waals surface area (Å²) in [7, 11) is 1.61. The van der Waals surface area contributed by atoms with Gasteiger partial charge in [0.2, 0.25) is 0 Å². The zero-order valence-electron chi connectivity index (χ0n) is 13.4. The Morgan fingerprint density at radius 3 is 2.65 bits per heavy atom. The van der Waals surface area contributed by atoms with Crippen molar-refractivity contribution in [3.63, 3.8) is 0 Å². The van der Waals surface area contributed by atoms with Gasteiger partial charge in [0, 0.05) is 0 Å². The van der Waals surface area contributed by atoms with E-state index in [0.29, 0.717) is 11.7 Å². The lowest BCUT2D eigenvalue weighted by molar-refractivity contribution is -0.114. The first-order valence-electron chi connectivity index (χ1n) is 7.60. The molecule has 2 aliphatic rings. The molecule has 0 saturated carbocycles. The van der Waals surface area contributed by atoms with E-state index in [9.17, 15) is 4.79 Å². The van der Waals surface area contributed by atoms with E-state index in [4.69, 9.17) is 4.74 Å². The highest BCUT2D eigenvalue weighted by molar-refractivity contribution is 6.45. The quantitative estimate of drug-likeness (QED) is 0.803. The molecule has 118 valence electrons. The van der Waals surface area contributed by atoms with Gasteiger partial charge in [-0.05, 0) is 36.6 Å². The molecule has 0 atom stereocenters. The molecule has 6 nitrogen and oxygen atoms in total. The lowest BCUT2D eigenvalue weighted by Gasteiger charge is -2.20. The average molecular weight is 310 g/mol. The summed E-state index contributed by atoms with van der Waals surface area (Å²) in [5.74, 6) is 0.745. The molecule has 0 aromatic heterocycles. The van der Waals surface area contributed by atoms with Crippen LogP contribution in [0.5, 0.6) is 5.75 Å². The number of guanidine groups is 1. The maximum Gasteiger partial charge on any atom is 0.299 e. The van der Waals surface area contributed by atoms with Crippen LogP contribution < -0.4 is 4.74 Å². The standard InChI is InChI=1S/C17H18N4O2/c1-4-13-14(5-2)20-21-15(16(22)19-17(21)18-13)10-11-7-6-8-12(9-11)23-3/h6-10H,4-5H2,1-3H3. The third-order valence-electron chi connectivity index (χ3n) is 3.69. The Kier molecular flexibility index (Phi) is 4.06. The molecule has 0 saturated heterocycles. The molecule has 1 aromatic carbocycles. The summed E-state index contributed by atoms with van der Waals surface area (Å²) < 4.78 is 5.21. The molecule has 2 heterocycles. The summed E-state index contributed by atoms with van der Waals surface area (Å²) >= 11 is 0. The van der Waals surface area contributed by atoms with Crippen molar-refractivity contribution in [2.24, 2.45) is 15.1 Å². The van der Waals surface area contributed by atoms with E-state index in [0.717, 1.165) is 35.6 Å². The van der Waals surface area contributed by atoms with E-state index in [1.54, 1.807) is 13.2 Å². The fraction of sp³-hybridized carbons (Fsp3) is 0.294. The fourth-order valence-electron chi connectivity index (χ4n) is 2.50. The monoisotopic (exact) mass is 310 g/mol. The van der Waals surface area contributed by atoms with Crippen LogP contribution in [-0.2, 0) is 4.79 Å². The summed E-state index contributed by atoms with van der Waals surface area (Å²) in [6.07, 6.45) is 3.28. The second kappa shape index (κ2) is 6.16. The molecular formula is C17H18N4O2. The van der Waals surface area contributed by atoms with Crippen molar-refractivity contribution in [3.05, 3.63) is 35.5 Å². The van der Waals surface area contributed by atoms with Crippen LogP contribution in [0, 0.1) is 0 Å². The maximum atomic E-state index is 12.2. The summed E-state index contributed by atoms with van der Waals surface area (Å²) in [6, 6.07) is 7.48. The van der Waals surface area contributed by atoms with E-state index in [2.05, 4.69) is 15.1 Å². The van der Waals surface area contributed by atoms with Crippen molar-refractivity contribution in [3.8, 4) is 5.75 Å². The molecule has 0 bridgehead atoms. The van der Waals surface area contributed by atoms with Crippen molar-refractivity contribution < 1.29 is 9.53 Å². The Balaban J connectivity index is 1.99. The van der Waals surface area contributed by atoms with Crippen molar-refractivity contribution in [2.45, 2.75) is 26.7 Å². The topological polar surface area (TPSA) is 66.6 Å². The van der Waals surface area contributed by atoms with Crippen molar-refractivity contribution >= 4 is 29.4 Å².